The number of hydrogen-bond donors (Lipinski definition) is 1. The van der Waals surface area contributed by atoms with Gasteiger partial charge >= 0.3 is 0 Å². The molecule has 0 saturated carbocycles. The maximum atomic E-state index is 13.7. The van der Waals surface area contributed by atoms with Crippen molar-refractivity contribution in [2.24, 2.45) is 0 Å². The minimum Gasteiger partial charge on any atom is -0.379 e. The highest BCUT2D eigenvalue weighted by atomic mass is 19.1. The predicted octanol–water partition coefficient (Wildman–Crippen LogP) is 3.69. The number of rotatable bonds is 8. The molecule has 0 aliphatic carbocycles. The lowest BCUT2D eigenvalue weighted by Gasteiger charge is -2.26. The van der Waals surface area contributed by atoms with Gasteiger partial charge in [-0.05, 0) is 51.3 Å². The molecule has 1 aromatic rings. The molecule has 0 spiro atoms. The Morgan fingerprint density at radius 2 is 2.00 bits per heavy atom. The van der Waals surface area contributed by atoms with Gasteiger partial charge in [-0.25, -0.2) is 8.78 Å². The summed E-state index contributed by atoms with van der Waals surface area (Å²) in [6, 6.07) is 3.93. The molecule has 0 radical (unpaired) electrons. The molecule has 1 unspecified atom stereocenters. The van der Waals surface area contributed by atoms with E-state index in [2.05, 4.69) is 5.32 Å². The third-order valence-corrected chi connectivity index (χ3v) is 3.62. The molecular formula is C16H25F2NO. The molecule has 0 saturated heterocycles. The highest BCUT2D eigenvalue weighted by Crippen LogP contribution is 2.19. The topological polar surface area (TPSA) is 21.3 Å². The molecular weight excluding hydrogens is 260 g/mol. The number of nitrogens with one attached hydrogen (secondary N) is 1. The van der Waals surface area contributed by atoms with E-state index in [4.69, 9.17) is 4.74 Å². The van der Waals surface area contributed by atoms with Crippen LogP contribution in [0.2, 0.25) is 0 Å². The van der Waals surface area contributed by atoms with Crippen LogP contribution in [0.25, 0.3) is 0 Å². The second-order valence-corrected chi connectivity index (χ2v) is 5.70. The van der Waals surface area contributed by atoms with E-state index in [0.29, 0.717) is 12.0 Å². The van der Waals surface area contributed by atoms with E-state index in [1.807, 2.05) is 20.8 Å². The number of methoxy groups -OCH3 is 1. The first-order valence-corrected chi connectivity index (χ1v) is 7.10. The van der Waals surface area contributed by atoms with Gasteiger partial charge in [-0.15, -0.1) is 0 Å². The van der Waals surface area contributed by atoms with Crippen molar-refractivity contribution in [3.05, 3.63) is 35.4 Å². The molecule has 2 nitrogen and oxygen atoms in total. The van der Waals surface area contributed by atoms with Crippen LogP contribution in [-0.4, -0.2) is 25.3 Å². The van der Waals surface area contributed by atoms with E-state index >= 15 is 0 Å². The van der Waals surface area contributed by atoms with Gasteiger partial charge in [0, 0.05) is 19.2 Å². The summed E-state index contributed by atoms with van der Waals surface area (Å²) in [5, 5.41) is 3.35. The highest BCUT2D eigenvalue weighted by Gasteiger charge is 2.20. The summed E-state index contributed by atoms with van der Waals surface area (Å²) in [4.78, 5) is 0. The molecule has 0 amide bonds. The van der Waals surface area contributed by atoms with E-state index in [1.165, 1.54) is 12.1 Å². The van der Waals surface area contributed by atoms with E-state index in [0.717, 1.165) is 25.5 Å². The Kier molecular flexibility index (Phi) is 6.56. The van der Waals surface area contributed by atoms with Crippen molar-refractivity contribution in [3.63, 3.8) is 0 Å². The van der Waals surface area contributed by atoms with Crippen LogP contribution >= 0.6 is 0 Å². The zero-order valence-corrected chi connectivity index (χ0v) is 12.8. The van der Waals surface area contributed by atoms with Crippen LogP contribution in [0.15, 0.2) is 18.2 Å². The predicted molar refractivity (Wildman–Crippen MR) is 77.8 cm³/mol. The zero-order valence-electron chi connectivity index (χ0n) is 12.8. The smallest absolute Gasteiger partial charge is 0.129 e. The lowest BCUT2D eigenvalue weighted by atomic mass is 9.95. The van der Waals surface area contributed by atoms with Crippen molar-refractivity contribution >= 4 is 0 Å². The molecule has 0 aromatic heterocycles. The van der Waals surface area contributed by atoms with E-state index < -0.39 is 11.6 Å². The van der Waals surface area contributed by atoms with Crippen molar-refractivity contribution in [3.8, 4) is 0 Å². The van der Waals surface area contributed by atoms with Crippen LogP contribution in [0.1, 0.15) is 39.2 Å². The number of hydrogen-bond acceptors (Lipinski definition) is 2. The van der Waals surface area contributed by atoms with Gasteiger partial charge in [0.25, 0.3) is 0 Å². The number of halogens is 2. The molecule has 1 aromatic carbocycles. The van der Waals surface area contributed by atoms with Crippen molar-refractivity contribution in [1.29, 1.82) is 0 Å². The minimum atomic E-state index is -0.535. The Hall–Kier alpha value is -1.00. The molecule has 0 aliphatic heterocycles. The fourth-order valence-corrected chi connectivity index (χ4v) is 2.14. The molecule has 0 heterocycles. The Labute approximate surface area is 120 Å². The monoisotopic (exact) mass is 285 g/mol. The third-order valence-electron chi connectivity index (χ3n) is 3.62. The van der Waals surface area contributed by atoms with Crippen LogP contribution in [0, 0.1) is 11.6 Å². The van der Waals surface area contributed by atoms with Gasteiger partial charge in [0.15, 0.2) is 0 Å². The average Bonchev–Trinajstić information content (AvgIpc) is 2.39. The summed E-state index contributed by atoms with van der Waals surface area (Å²) in [5.41, 5.74) is 0.363. The number of benzene rings is 1. The molecule has 1 atom stereocenters. The van der Waals surface area contributed by atoms with Gasteiger partial charge in [-0.2, -0.15) is 0 Å². The molecule has 0 fully saturated rings. The minimum absolute atomic E-state index is 0.161. The first kappa shape index (κ1) is 17.1. The second-order valence-electron chi connectivity index (χ2n) is 5.70. The maximum absolute atomic E-state index is 13.7. The van der Waals surface area contributed by atoms with E-state index in [9.17, 15) is 8.78 Å². The second kappa shape index (κ2) is 7.70. The molecule has 1 rings (SSSR count). The van der Waals surface area contributed by atoms with Crippen LogP contribution in [0.4, 0.5) is 8.78 Å². The summed E-state index contributed by atoms with van der Waals surface area (Å²) >= 11 is 0. The SMILES string of the molecule is CCNC(CCC(C)(C)OC)Cc1ccc(F)cc1F. The fourth-order valence-electron chi connectivity index (χ4n) is 2.14. The Morgan fingerprint density at radius 1 is 1.30 bits per heavy atom. The van der Waals surface area contributed by atoms with Gasteiger partial charge in [0.05, 0.1) is 5.60 Å². The largest absolute Gasteiger partial charge is 0.379 e. The quantitative estimate of drug-likeness (QED) is 0.786. The first-order valence-electron chi connectivity index (χ1n) is 7.10. The van der Waals surface area contributed by atoms with Gasteiger partial charge in [-0.1, -0.05) is 13.0 Å². The van der Waals surface area contributed by atoms with Crippen LogP contribution in [-0.2, 0) is 11.2 Å². The average molecular weight is 285 g/mol. The Balaban J connectivity index is 2.66. The molecule has 0 bridgehead atoms. The Bertz CT molecular complexity index is 421. The van der Waals surface area contributed by atoms with Crippen molar-refractivity contribution in [2.45, 2.75) is 51.7 Å². The first-order chi connectivity index (χ1) is 9.38. The molecule has 4 heteroatoms. The van der Waals surface area contributed by atoms with Crippen molar-refractivity contribution < 1.29 is 13.5 Å². The van der Waals surface area contributed by atoms with Crippen LogP contribution in [0.3, 0.4) is 0 Å². The standard InChI is InChI=1S/C16H25F2NO/c1-5-19-14(8-9-16(2,3)20-4)10-12-6-7-13(17)11-15(12)18/h6-7,11,14,19H,5,8-10H2,1-4H3. The lowest BCUT2D eigenvalue weighted by molar-refractivity contribution is 0.0117. The van der Waals surface area contributed by atoms with Crippen molar-refractivity contribution in [1.82, 2.24) is 5.32 Å². The lowest BCUT2D eigenvalue weighted by Crippen LogP contribution is -2.34. The third kappa shape index (κ3) is 5.55. The molecule has 20 heavy (non-hydrogen) atoms. The van der Waals surface area contributed by atoms with Gasteiger partial charge in [0.1, 0.15) is 11.6 Å². The zero-order chi connectivity index (χ0) is 15.2. The maximum Gasteiger partial charge on any atom is 0.129 e. The normalized spacial score (nSPS) is 13.5. The van der Waals surface area contributed by atoms with Crippen LogP contribution in [0.5, 0.6) is 0 Å². The summed E-state index contributed by atoms with van der Waals surface area (Å²) in [7, 11) is 1.70. The fraction of sp³-hybridized carbons (Fsp3) is 0.625. The van der Waals surface area contributed by atoms with E-state index in [-0.39, 0.29) is 11.6 Å². The Morgan fingerprint density at radius 3 is 2.55 bits per heavy atom. The summed E-state index contributed by atoms with van der Waals surface area (Å²) in [6.07, 6.45) is 2.31. The molecule has 1 N–H and O–H groups in total. The summed E-state index contributed by atoms with van der Waals surface area (Å²) in [6.45, 7) is 6.92. The van der Waals surface area contributed by atoms with Gasteiger partial charge < -0.3 is 10.1 Å². The number of likely N-dealkylation sites (N-methyl/N-ethyl adjacent to an activating group) is 1. The molecule has 114 valence electrons. The summed E-state index contributed by atoms with van der Waals surface area (Å²) in [5.74, 6) is -1.01. The van der Waals surface area contributed by atoms with Gasteiger partial charge in [0.2, 0.25) is 0 Å². The van der Waals surface area contributed by atoms with Crippen molar-refractivity contribution in [2.75, 3.05) is 13.7 Å². The summed E-state index contributed by atoms with van der Waals surface area (Å²) < 4.78 is 32.0. The highest BCUT2D eigenvalue weighted by molar-refractivity contribution is 5.19. The van der Waals surface area contributed by atoms with E-state index in [1.54, 1.807) is 7.11 Å². The van der Waals surface area contributed by atoms with Crippen LogP contribution < -0.4 is 5.32 Å². The van der Waals surface area contributed by atoms with Gasteiger partial charge in [-0.3, -0.25) is 0 Å². The number of ether oxygens (including phenoxy) is 1. The molecule has 0 aliphatic rings.